The minimum atomic E-state index is -0.0967. The Hall–Kier alpha value is -2.08. The van der Waals surface area contributed by atoms with Gasteiger partial charge < -0.3 is 20.3 Å². The number of benzene rings is 2. The summed E-state index contributed by atoms with van der Waals surface area (Å²) >= 11 is 6.49. The van der Waals surface area contributed by atoms with Gasteiger partial charge in [-0.05, 0) is 23.8 Å². The number of amides is 1. The zero-order chi connectivity index (χ0) is 18.8. The third kappa shape index (κ3) is 3.95. The first-order valence-corrected chi connectivity index (χ1v) is 9.83. The lowest BCUT2D eigenvalue weighted by molar-refractivity contribution is -0.412. The van der Waals surface area contributed by atoms with Crippen LogP contribution < -0.4 is 10.6 Å². The van der Waals surface area contributed by atoms with Crippen LogP contribution in [0.15, 0.2) is 48.5 Å². The van der Waals surface area contributed by atoms with Crippen LogP contribution in [-0.2, 0) is 4.74 Å². The first kappa shape index (κ1) is 18.3. The highest BCUT2D eigenvalue weighted by Gasteiger charge is 2.28. The zero-order valence-electron chi connectivity index (χ0n) is 15.3. The first-order chi connectivity index (χ1) is 13.1. The Morgan fingerprint density at radius 3 is 2.63 bits per heavy atom. The molecule has 2 heterocycles. The van der Waals surface area contributed by atoms with E-state index in [0.29, 0.717) is 36.3 Å². The SMILES string of the molecule is [NH3+]C1CCN(c2ccc(C(=O)N3CCOC(c4ccccc4)C3)c(Cl)c2)C1. The summed E-state index contributed by atoms with van der Waals surface area (Å²) in [6.07, 6.45) is 0.994. The van der Waals surface area contributed by atoms with Gasteiger partial charge in [-0.3, -0.25) is 4.79 Å². The number of morpholine rings is 1. The van der Waals surface area contributed by atoms with Gasteiger partial charge in [0.05, 0.1) is 30.3 Å². The van der Waals surface area contributed by atoms with Crippen LogP contribution in [0.1, 0.15) is 28.4 Å². The summed E-state index contributed by atoms with van der Waals surface area (Å²) in [4.78, 5) is 17.2. The van der Waals surface area contributed by atoms with E-state index >= 15 is 0 Å². The van der Waals surface area contributed by atoms with Crippen molar-refractivity contribution in [3.05, 3.63) is 64.7 Å². The maximum absolute atomic E-state index is 13.0. The highest BCUT2D eigenvalue weighted by atomic mass is 35.5. The third-order valence-electron chi connectivity index (χ3n) is 5.36. The lowest BCUT2D eigenvalue weighted by Crippen LogP contribution is -2.61. The van der Waals surface area contributed by atoms with Crippen molar-refractivity contribution in [2.75, 3.05) is 37.7 Å². The molecule has 2 aliphatic rings. The second-order valence-corrected chi connectivity index (χ2v) is 7.69. The Labute approximate surface area is 164 Å². The van der Waals surface area contributed by atoms with Crippen LogP contribution in [0.3, 0.4) is 0 Å². The number of rotatable bonds is 3. The predicted octanol–water partition coefficient (Wildman–Crippen LogP) is 2.37. The molecule has 2 saturated heterocycles. The topological polar surface area (TPSA) is 60.4 Å². The molecule has 2 aromatic rings. The highest BCUT2D eigenvalue weighted by Crippen LogP contribution is 2.29. The molecule has 5 nitrogen and oxygen atoms in total. The molecule has 2 aromatic carbocycles. The monoisotopic (exact) mass is 386 g/mol. The minimum Gasteiger partial charge on any atom is -0.370 e. The number of nitrogens with zero attached hydrogens (tertiary/aromatic N) is 2. The van der Waals surface area contributed by atoms with Crippen LogP contribution >= 0.6 is 11.6 Å². The normalized spacial score (nSPS) is 22.9. The number of quaternary nitrogens is 1. The van der Waals surface area contributed by atoms with Gasteiger partial charge in [-0.2, -0.15) is 0 Å². The number of halogens is 1. The van der Waals surface area contributed by atoms with Crippen molar-refractivity contribution in [1.82, 2.24) is 4.90 Å². The van der Waals surface area contributed by atoms with Crippen molar-refractivity contribution in [2.45, 2.75) is 18.6 Å². The molecule has 142 valence electrons. The van der Waals surface area contributed by atoms with Gasteiger partial charge >= 0.3 is 0 Å². The minimum absolute atomic E-state index is 0.0350. The third-order valence-corrected chi connectivity index (χ3v) is 5.67. The van der Waals surface area contributed by atoms with Gasteiger partial charge in [0.25, 0.3) is 5.91 Å². The standard InChI is InChI=1S/C21H24ClN3O2/c22-19-12-17(24-9-8-16(23)13-24)6-7-18(19)21(26)25-10-11-27-20(14-25)15-4-2-1-3-5-15/h1-7,12,16,20H,8-11,13-14,23H2/p+1. The molecule has 3 N–H and O–H groups in total. The molecule has 1 amide bonds. The van der Waals surface area contributed by atoms with E-state index < -0.39 is 0 Å². The molecular formula is C21H25ClN3O2+. The smallest absolute Gasteiger partial charge is 0.255 e. The van der Waals surface area contributed by atoms with E-state index in [1.807, 2.05) is 53.4 Å². The molecule has 2 atom stereocenters. The van der Waals surface area contributed by atoms with Gasteiger partial charge in [0.1, 0.15) is 12.1 Å². The molecule has 2 unspecified atom stereocenters. The van der Waals surface area contributed by atoms with Crippen molar-refractivity contribution >= 4 is 23.2 Å². The van der Waals surface area contributed by atoms with E-state index in [1.165, 1.54) is 0 Å². The van der Waals surface area contributed by atoms with E-state index in [4.69, 9.17) is 16.3 Å². The van der Waals surface area contributed by atoms with Gasteiger partial charge in [-0.25, -0.2) is 0 Å². The molecule has 0 radical (unpaired) electrons. The molecule has 4 rings (SSSR count). The van der Waals surface area contributed by atoms with Crippen LogP contribution in [0.5, 0.6) is 0 Å². The molecule has 27 heavy (non-hydrogen) atoms. The number of anilines is 1. The second-order valence-electron chi connectivity index (χ2n) is 7.29. The molecule has 0 saturated carbocycles. The fraction of sp³-hybridized carbons (Fsp3) is 0.381. The van der Waals surface area contributed by atoms with Gasteiger partial charge in [0.2, 0.25) is 0 Å². The van der Waals surface area contributed by atoms with Gasteiger partial charge in [0, 0.05) is 25.2 Å². The summed E-state index contributed by atoms with van der Waals surface area (Å²) in [5.74, 6) is -0.0350. The molecule has 0 bridgehead atoms. The summed E-state index contributed by atoms with van der Waals surface area (Å²) in [6.45, 7) is 3.57. The Balaban J connectivity index is 1.49. The predicted molar refractivity (Wildman–Crippen MR) is 106 cm³/mol. The van der Waals surface area contributed by atoms with Gasteiger partial charge in [0.15, 0.2) is 0 Å². The molecule has 0 aliphatic carbocycles. The Bertz CT molecular complexity index is 814. The first-order valence-electron chi connectivity index (χ1n) is 9.45. The maximum atomic E-state index is 13.0. The lowest BCUT2D eigenvalue weighted by atomic mass is 10.1. The fourth-order valence-electron chi connectivity index (χ4n) is 3.81. The summed E-state index contributed by atoms with van der Waals surface area (Å²) < 4.78 is 5.87. The van der Waals surface area contributed by atoms with Crippen LogP contribution in [-0.4, -0.2) is 49.6 Å². The van der Waals surface area contributed by atoms with Crippen molar-refractivity contribution < 1.29 is 15.3 Å². The second kappa shape index (κ2) is 7.89. The Morgan fingerprint density at radius 2 is 1.93 bits per heavy atom. The molecular weight excluding hydrogens is 362 g/mol. The maximum Gasteiger partial charge on any atom is 0.255 e. The largest absolute Gasteiger partial charge is 0.370 e. The summed E-state index contributed by atoms with van der Waals surface area (Å²) in [5, 5.41) is 0.507. The van der Waals surface area contributed by atoms with E-state index in [0.717, 1.165) is 30.8 Å². The fourth-order valence-corrected chi connectivity index (χ4v) is 4.07. The summed E-state index contributed by atoms with van der Waals surface area (Å²) in [6, 6.07) is 16.2. The van der Waals surface area contributed by atoms with Crippen LogP contribution in [0.25, 0.3) is 0 Å². The Kier molecular flexibility index (Phi) is 5.34. The van der Waals surface area contributed by atoms with Crippen LogP contribution in [0.4, 0.5) is 5.69 Å². The average Bonchev–Trinajstić information content (AvgIpc) is 3.14. The van der Waals surface area contributed by atoms with Crippen molar-refractivity contribution in [1.29, 1.82) is 0 Å². The molecule has 2 fully saturated rings. The van der Waals surface area contributed by atoms with Crippen LogP contribution in [0, 0.1) is 0 Å². The zero-order valence-corrected chi connectivity index (χ0v) is 16.1. The Morgan fingerprint density at radius 1 is 1.11 bits per heavy atom. The van der Waals surface area contributed by atoms with Crippen molar-refractivity contribution in [2.24, 2.45) is 0 Å². The quantitative estimate of drug-likeness (QED) is 0.881. The summed E-state index contributed by atoms with van der Waals surface area (Å²) in [7, 11) is 0. The number of carbonyl (C=O) groups excluding carboxylic acids is 1. The lowest BCUT2D eigenvalue weighted by Gasteiger charge is -2.33. The van der Waals surface area contributed by atoms with Crippen molar-refractivity contribution in [3.8, 4) is 0 Å². The number of hydrogen-bond acceptors (Lipinski definition) is 3. The molecule has 0 spiro atoms. The molecule has 2 aliphatic heterocycles. The van der Waals surface area contributed by atoms with E-state index in [2.05, 4.69) is 10.6 Å². The molecule has 6 heteroatoms. The summed E-state index contributed by atoms with van der Waals surface area (Å²) in [5.41, 5.74) is 6.84. The number of hydrogen-bond donors (Lipinski definition) is 1. The molecule has 0 aromatic heterocycles. The van der Waals surface area contributed by atoms with Crippen LogP contribution in [0.2, 0.25) is 5.02 Å². The van der Waals surface area contributed by atoms with Gasteiger partial charge in [-0.1, -0.05) is 41.9 Å². The van der Waals surface area contributed by atoms with Gasteiger partial charge in [-0.15, -0.1) is 0 Å². The van der Waals surface area contributed by atoms with E-state index in [-0.39, 0.29) is 12.0 Å². The van der Waals surface area contributed by atoms with E-state index in [1.54, 1.807) is 0 Å². The number of ether oxygens (including phenoxy) is 1. The number of carbonyl (C=O) groups is 1. The van der Waals surface area contributed by atoms with E-state index in [9.17, 15) is 4.79 Å². The highest BCUT2D eigenvalue weighted by molar-refractivity contribution is 6.34. The van der Waals surface area contributed by atoms with Crippen molar-refractivity contribution in [3.63, 3.8) is 0 Å². The average molecular weight is 387 g/mol.